The van der Waals surface area contributed by atoms with E-state index in [2.05, 4.69) is 10.1 Å². The van der Waals surface area contributed by atoms with Gasteiger partial charge in [-0.15, -0.1) is 0 Å². The molecule has 8 heteroatoms. The van der Waals surface area contributed by atoms with Gasteiger partial charge in [-0.3, -0.25) is 0 Å². The Balaban J connectivity index is 1.99. The molecule has 0 saturated heterocycles. The summed E-state index contributed by atoms with van der Waals surface area (Å²) < 4.78 is 23.3. The summed E-state index contributed by atoms with van der Waals surface area (Å²) in [4.78, 5) is 14.2. The van der Waals surface area contributed by atoms with Crippen LogP contribution in [0.3, 0.4) is 0 Å². The Morgan fingerprint density at radius 1 is 1.50 bits per heavy atom. The number of aliphatic carboxylic acids is 1. The fraction of sp³-hybridized carbons (Fsp3) is 0.250. The molecule has 1 aromatic heterocycles. The van der Waals surface area contributed by atoms with E-state index >= 15 is 0 Å². The highest BCUT2D eigenvalue weighted by molar-refractivity contribution is 6.30. The first-order chi connectivity index (χ1) is 9.56. The van der Waals surface area contributed by atoms with Crippen molar-refractivity contribution >= 4 is 17.6 Å². The molecule has 0 spiro atoms. The highest BCUT2D eigenvalue weighted by atomic mass is 35.5. The van der Waals surface area contributed by atoms with Crippen molar-refractivity contribution in [3.05, 3.63) is 46.3 Å². The van der Waals surface area contributed by atoms with Crippen molar-refractivity contribution in [2.45, 2.75) is 13.0 Å². The highest BCUT2D eigenvalue weighted by Crippen LogP contribution is 2.19. The molecule has 0 amide bonds. The molecule has 2 aromatic rings. The lowest BCUT2D eigenvalue weighted by Crippen LogP contribution is -2.06. The third kappa shape index (κ3) is 3.75. The molecule has 0 aliphatic rings. The lowest BCUT2D eigenvalue weighted by atomic mass is 10.1. The van der Waals surface area contributed by atoms with Gasteiger partial charge in [-0.1, -0.05) is 28.9 Å². The predicted octanol–water partition coefficient (Wildman–Crippen LogP) is 2.05. The second-order valence-corrected chi connectivity index (χ2v) is 4.29. The zero-order valence-electron chi connectivity index (χ0n) is 10.2. The number of rotatable bonds is 6. The van der Waals surface area contributed by atoms with Crippen LogP contribution in [0.4, 0.5) is 4.39 Å². The van der Waals surface area contributed by atoms with Gasteiger partial charge < -0.3 is 14.4 Å². The topological polar surface area (TPSA) is 85.5 Å². The number of ether oxygens (including phenoxy) is 1. The average Bonchev–Trinajstić information content (AvgIpc) is 2.82. The van der Waals surface area contributed by atoms with Gasteiger partial charge in [-0.05, 0) is 11.6 Å². The fourth-order valence-electron chi connectivity index (χ4n) is 1.50. The van der Waals surface area contributed by atoms with Gasteiger partial charge in [0.2, 0.25) is 0 Å². The minimum Gasteiger partial charge on any atom is -0.480 e. The first kappa shape index (κ1) is 14.4. The van der Waals surface area contributed by atoms with Crippen molar-refractivity contribution in [1.82, 2.24) is 10.1 Å². The zero-order valence-corrected chi connectivity index (χ0v) is 10.9. The van der Waals surface area contributed by atoms with E-state index in [0.29, 0.717) is 5.56 Å². The summed E-state index contributed by atoms with van der Waals surface area (Å²) in [5.74, 6) is -1.22. The molecule has 0 unspecified atom stereocenters. The third-order valence-corrected chi connectivity index (χ3v) is 2.63. The molecule has 0 saturated carbocycles. The van der Waals surface area contributed by atoms with Crippen molar-refractivity contribution in [2.75, 3.05) is 6.61 Å². The molecule has 1 heterocycles. The van der Waals surface area contributed by atoms with Crippen LogP contribution in [0.1, 0.15) is 17.3 Å². The molecule has 0 bridgehead atoms. The molecule has 106 valence electrons. The van der Waals surface area contributed by atoms with Crippen molar-refractivity contribution in [3.8, 4) is 0 Å². The van der Waals surface area contributed by atoms with Crippen LogP contribution < -0.4 is 0 Å². The van der Waals surface area contributed by atoms with Crippen LogP contribution in [-0.4, -0.2) is 27.8 Å². The van der Waals surface area contributed by atoms with Crippen molar-refractivity contribution in [2.24, 2.45) is 0 Å². The first-order valence-corrected chi connectivity index (χ1v) is 5.98. The number of carboxylic acid groups (broad SMARTS) is 1. The number of carbonyl (C=O) groups is 1. The maximum Gasteiger partial charge on any atom is 0.329 e. The SMILES string of the molecule is O=C(O)COCc1nc(Cc2cccc(Cl)c2F)no1. The van der Waals surface area contributed by atoms with Crippen LogP contribution in [0, 0.1) is 5.82 Å². The largest absolute Gasteiger partial charge is 0.480 e. The minimum atomic E-state index is -1.09. The second-order valence-electron chi connectivity index (χ2n) is 3.88. The van der Waals surface area contributed by atoms with Crippen LogP contribution in [-0.2, 0) is 22.6 Å². The number of benzene rings is 1. The molecular weight excluding hydrogens is 291 g/mol. The van der Waals surface area contributed by atoms with Crippen LogP contribution in [0.5, 0.6) is 0 Å². The summed E-state index contributed by atoms with van der Waals surface area (Å²) in [6.45, 7) is -0.571. The Labute approximate surface area is 118 Å². The van der Waals surface area contributed by atoms with Crippen LogP contribution in [0.25, 0.3) is 0 Å². The van der Waals surface area contributed by atoms with E-state index < -0.39 is 18.4 Å². The second kappa shape index (κ2) is 6.44. The van der Waals surface area contributed by atoms with E-state index in [0.717, 1.165) is 0 Å². The molecule has 0 fully saturated rings. The zero-order chi connectivity index (χ0) is 14.5. The molecule has 0 radical (unpaired) electrons. The van der Waals surface area contributed by atoms with Crippen LogP contribution in [0.15, 0.2) is 22.7 Å². The van der Waals surface area contributed by atoms with E-state index in [9.17, 15) is 9.18 Å². The van der Waals surface area contributed by atoms with Gasteiger partial charge in [-0.2, -0.15) is 4.98 Å². The van der Waals surface area contributed by atoms with Crippen molar-refractivity contribution in [1.29, 1.82) is 0 Å². The molecule has 20 heavy (non-hydrogen) atoms. The van der Waals surface area contributed by atoms with E-state index in [4.69, 9.17) is 26.0 Å². The Hall–Kier alpha value is -1.99. The Kier molecular flexibility index (Phi) is 4.65. The maximum absolute atomic E-state index is 13.7. The van der Waals surface area contributed by atoms with E-state index in [1.165, 1.54) is 6.07 Å². The number of nitrogens with zero attached hydrogens (tertiary/aromatic N) is 2. The van der Waals surface area contributed by atoms with Crippen LogP contribution in [0.2, 0.25) is 5.02 Å². The summed E-state index contributed by atoms with van der Waals surface area (Å²) in [6, 6.07) is 4.64. The van der Waals surface area contributed by atoms with Gasteiger partial charge >= 0.3 is 5.97 Å². The van der Waals surface area contributed by atoms with E-state index in [1.54, 1.807) is 12.1 Å². The number of carboxylic acids is 1. The molecule has 1 N–H and O–H groups in total. The third-order valence-electron chi connectivity index (χ3n) is 2.34. The first-order valence-electron chi connectivity index (χ1n) is 5.60. The van der Waals surface area contributed by atoms with Crippen molar-refractivity contribution in [3.63, 3.8) is 0 Å². The molecule has 0 atom stereocenters. The summed E-state index contributed by atoms with van der Waals surface area (Å²) in [5.41, 5.74) is 0.344. The normalized spacial score (nSPS) is 10.7. The molecule has 6 nitrogen and oxygen atoms in total. The van der Waals surface area contributed by atoms with E-state index in [-0.39, 0.29) is 29.8 Å². The number of aromatic nitrogens is 2. The molecule has 1 aromatic carbocycles. The minimum absolute atomic E-state index is 0.0241. The summed E-state index contributed by atoms with van der Waals surface area (Å²) in [7, 11) is 0. The molecule has 0 aliphatic heterocycles. The average molecular weight is 301 g/mol. The Morgan fingerprint density at radius 2 is 2.30 bits per heavy atom. The van der Waals surface area contributed by atoms with Gasteiger partial charge in [0.05, 0.1) is 5.02 Å². The Bertz CT molecular complexity index is 617. The number of hydrogen-bond donors (Lipinski definition) is 1. The summed E-state index contributed by atoms with van der Waals surface area (Å²) >= 11 is 5.67. The van der Waals surface area contributed by atoms with Gasteiger partial charge in [0.1, 0.15) is 19.0 Å². The van der Waals surface area contributed by atoms with E-state index in [1.807, 2.05) is 0 Å². The predicted molar refractivity (Wildman–Crippen MR) is 65.8 cm³/mol. The molecular formula is C12H10ClFN2O4. The number of halogens is 2. The van der Waals surface area contributed by atoms with Crippen molar-refractivity contribution < 1.29 is 23.6 Å². The molecule has 2 rings (SSSR count). The van der Waals surface area contributed by atoms with Crippen LogP contribution >= 0.6 is 11.6 Å². The number of hydrogen-bond acceptors (Lipinski definition) is 5. The van der Waals surface area contributed by atoms with Gasteiger partial charge in [0.15, 0.2) is 5.82 Å². The lowest BCUT2D eigenvalue weighted by Gasteiger charge is -2.00. The monoisotopic (exact) mass is 300 g/mol. The fourth-order valence-corrected chi connectivity index (χ4v) is 1.70. The molecule has 0 aliphatic carbocycles. The van der Waals surface area contributed by atoms with Gasteiger partial charge in [0.25, 0.3) is 5.89 Å². The standard InChI is InChI=1S/C12H10ClFN2O4/c13-8-3-1-2-7(12(8)14)4-9-15-10(20-16-9)5-19-6-11(17)18/h1-3H,4-6H2,(H,17,18). The lowest BCUT2D eigenvalue weighted by molar-refractivity contribution is -0.142. The van der Waals surface area contributed by atoms with Gasteiger partial charge in [-0.25, -0.2) is 9.18 Å². The summed E-state index contributed by atoms with van der Waals surface area (Å²) in [5, 5.41) is 12.1. The van der Waals surface area contributed by atoms with Gasteiger partial charge in [0, 0.05) is 6.42 Å². The highest BCUT2D eigenvalue weighted by Gasteiger charge is 2.12. The Morgan fingerprint density at radius 3 is 3.05 bits per heavy atom. The maximum atomic E-state index is 13.7. The smallest absolute Gasteiger partial charge is 0.329 e. The summed E-state index contributed by atoms with van der Waals surface area (Å²) in [6.07, 6.45) is 0.120. The quantitative estimate of drug-likeness (QED) is 0.879.